The number of hydrogen-bond donors (Lipinski definition) is 2. The summed E-state index contributed by atoms with van der Waals surface area (Å²) in [6.45, 7) is 1.46. The zero-order valence-corrected chi connectivity index (χ0v) is 15.6. The van der Waals surface area contributed by atoms with Crippen molar-refractivity contribution in [2.24, 2.45) is 0 Å². The standard InChI is InChI=1S/C17H19ClFNO4S/c1-10(13-6-11(18)7-16(24-2)14(13)9-21)20-15-8-12(19)4-5-17(15)25(3,22)23/h4-8,10,20-21H,9H2,1-3H3. The number of halogens is 2. The number of sulfone groups is 1. The normalized spacial score (nSPS) is 12.7. The van der Waals surface area contributed by atoms with Gasteiger partial charge in [0, 0.05) is 22.9 Å². The summed E-state index contributed by atoms with van der Waals surface area (Å²) >= 11 is 6.09. The number of nitrogens with one attached hydrogen (secondary N) is 1. The molecule has 8 heteroatoms. The number of methoxy groups -OCH3 is 1. The van der Waals surface area contributed by atoms with Gasteiger partial charge in [-0.25, -0.2) is 12.8 Å². The molecule has 1 atom stereocenters. The Morgan fingerprint density at radius 1 is 1.32 bits per heavy atom. The Morgan fingerprint density at radius 2 is 2.00 bits per heavy atom. The highest BCUT2D eigenvalue weighted by Gasteiger charge is 2.20. The molecular formula is C17H19ClFNO4S. The third-order valence-electron chi connectivity index (χ3n) is 3.77. The third kappa shape index (κ3) is 4.42. The van der Waals surface area contributed by atoms with Crippen LogP contribution in [0.2, 0.25) is 5.02 Å². The van der Waals surface area contributed by atoms with Crippen molar-refractivity contribution in [2.75, 3.05) is 18.7 Å². The van der Waals surface area contributed by atoms with E-state index < -0.39 is 21.7 Å². The van der Waals surface area contributed by atoms with E-state index in [0.717, 1.165) is 18.4 Å². The van der Waals surface area contributed by atoms with Gasteiger partial charge < -0.3 is 15.2 Å². The number of ether oxygens (including phenoxy) is 1. The molecule has 5 nitrogen and oxygen atoms in total. The molecule has 0 saturated carbocycles. The Kier molecular flexibility index (Phi) is 5.92. The molecule has 1 unspecified atom stereocenters. The smallest absolute Gasteiger partial charge is 0.177 e. The number of aliphatic hydroxyl groups excluding tert-OH is 1. The van der Waals surface area contributed by atoms with Crippen LogP contribution in [-0.2, 0) is 16.4 Å². The van der Waals surface area contributed by atoms with E-state index in [2.05, 4.69) is 5.32 Å². The van der Waals surface area contributed by atoms with E-state index in [1.54, 1.807) is 19.1 Å². The van der Waals surface area contributed by atoms with Crippen LogP contribution in [0, 0.1) is 5.82 Å². The molecule has 25 heavy (non-hydrogen) atoms. The van der Waals surface area contributed by atoms with E-state index in [1.165, 1.54) is 13.2 Å². The monoisotopic (exact) mass is 387 g/mol. The fourth-order valence-corrected chi connectivity index (χ4v) is 3.67. The van der Waals surface area contributed by atoms with Gasteiger partial charge in [-0.2, -0.15) is 0 Å². The number of rotatable bonds is 6. The van der Waals surface area contributed by atoms with E-state index >= 15 is 0 Å². The van der Waals surface area contributed by atoms with Gasteiger partial charge in [0.25, 0.3) is 0 Å². The number of hydrogen-bond acceptors (Lipinski definition) is 5. The number of anilines is 1. The van der Waals surface area contributed by atoms with Crippen LogP contribution in [-0.4, -0.2) is 26.9 Å². The highest BCUT2D eigenvalue weighted by molar-refractivity contribution is 7.90. The summed E-state index contributed by atoms with van der Waals surface area (Å²) in [6, 6.07) is 6.18. The minimum absolute atomic E-state index is 0.0136. The summed E-state index contributed by atoms with van der Waals surface area (Å²) in [6.07, 6.45) is 1.05. The van der Waals surface area contributed by atoms with Crippen LogP contribution in [0.1, 0.15) is 24.1 Å². The summed E-state index contributed by atoms with van der Waals surface area (Å²) < 4.78 is 42.7. The molecule has 2 aromatic rings. The molecule has 2 aromatic carbocycles. The van der Waals surface area contributed by atoms with Gasteiger partial charge in [0.05, 0.1) is 24.3 Å². The molecule has 136 valence electrons. The van der Waals surface area contributed by atoms with Gasteiger partial charge in [0.1, 0.15) is 11.6 Å². The summed E-state index contributed by atoms with van der Waals surface area (Å²) in [4.78, 5) is -0.0136. The van der Waals surface area contributed by atoms with E-state index in [0.29, 0.717) is 21.9 Å². The molecule has 0 aliphatic heterocycles. The van der Waals surface area contributed by atoms with Crippen molar-refractivity contribution in [3.05, 3.63) is 52.3 Å². The first-order valence-corrected chi connectivity index (χ1v) is 9.67. The SMILES string of the molecule is COc1cc(Cl)cc(C(C)Nc2cc(F)ccc2S(C)(=O)=O)c1CO. The minimum Gasteiger partial charge on any atom is -0.496 e. The second-order valence-electron chi connectivity index (χ2n) is 5.61. The van der Waals surface area contributed by atoms with Gasteiger partial charge in [-0.05, 0) is 42.8 Å². The first kappa shape index (κ1) is 19.5. The van der Waals surface area contributed by atoms with Crippen LogP contribution < -0.4 is 10.1 Å². The predicted octanol–water partition coefficient (Wildman–Crippen LogP) is 3.56. The predicted molar refractivity (Wildman–Crippen MR) is 95.5 cm³/mol. The van der Waals surface area contributed by atoms with Crippen LogP contribution in [0.3, 0.4) is 0 Å². The lowest BCUT2D eigenvalue weighted by atomic mass is 10.0. The lowest BCUT2D eigenvalue weighted by molar-refractivity contribution is 0.272. The lowest BCUT2D eigenvalue weighted by Gasteiger charge is -2.22. The first-order chi connectivity index (χ1) is 11.7. The molecule has 0 aliphatic rings. The van der Waals surface area contributed by atoms with Gasteiger partial charge >= 0.3 is 0 Å². The fourth-order valence-electron chi connectivity index (χ4n) is 2.62. The molecule has 2 rings (SSSR count). The fraction of sp³-hybridized carbons (Fsp3) is 0.294. The quantitative estimate of drug-likeness (QED) is 0.741. The van der Waals surface area contributed by atoms with Gasteiger partial charge in [-0.15, -0.1) is 0 Å². The molecule has 0 radical (unpaired) electrons. The Bertz CT molecular complexity index is 886. The van der Waals surface area contributed by atoms with Crippen LogP contribution in [0.5, 0.6) is 5.75 Å². The average Bonchev–Trinajstić information content (AvgIpc) is 2.52. The maximum absolute atomic E-state index is 13.6. The molecule has 0 aliphatic carbocycles. The van der Waals surface area contributed by atoms with Crippen LogP contribution >= 0.6 is 11.6 Å². The van der Waals surface area contributed by atoms with Crippen molar-refractivity contribution in [3.63, 3.8) is 0 Å². The van der Waals surface area contributed by atoms with Gasteiger partial charge in [0.2, 0.25) is 0 Å². The van der Waals surface area contributed by atoms with Crippen molar-refractivity contribution in [1.29, 1.82) is 0 Å². The lowest BCUT2D eigenvalue weighted by Crippen LogP contribution is -2.13. The zero-order valence-electron chi connectivity index (χ0n) is 14.0. The van der Waals surface area contributed by atoms with Crippen molar-refractivity contribution < 1.29 is 22.7 Å². The van der Waals surface area contributed by atoms with Crippen molar-refractivity contribution in [3.8, 4) is 5.75 Å². The van der Waals surface area contributed by atoms with E-state index in [1.807, 2.05) is 0 Å². The van der Waals surface area contributed by atoms with Gasteiger partial charge in [-0.3, -0.25) is 0 Å². The van der Waals surface area contributed by atoms with E-state index in [9.17, 15) is 17.9 Å². The number of aliphatic hydroxyl groups is 1. The Labute approximate surface area is 151 Å². The highest BCUT2D eigenvalue weighted by atomic mass is 35.5. The molecule has 0 spiro atoms. The topological polar surface area (TPSA) is 75.6 Å². The molecule has 0 saturated heterocycles. The van der Waals surface area contributed by atoms with Crippen LogP contribution in [0.4, 0.5) is 10.1 Å². The summed E-state index contributed by atoms with van der Waals surface area (Å²) in [7, 11) is -2.08. The zero-order chi connectivity index (χ0) is 18.8. The maximum atomic E-state index is 13.6. The molecular weight excluding hydrogens is 369 g/mol. The van der Waals surface area contributed by atoms with E-state index in [-0.39, 0.29) is 17.2 Å². The Morgan fingerprint density at radius 3 is 2.56 bits per heavy atom. The van der Waals surface area contributed by atoms with Crippen molar-refractivity contribution in [2.45, 2.75) is 24.5 Å². The summed E-state index contributed by atoms with van der Waals surface area (Å²) in [5, 5.41) is 13.0. The second kappa shape index (κ2) is 7.59. The summed E-state index contributed by atoms with van der Waals surface area (Å²) in [5.74, 6) is -0.144. The highest BCUT2D eigenvalue weighted by Crippen LogP contribution is 2.34. The largest absolute Gasteiger partial charge is 0.496 e. The molecule has 0 heterocycles. The third-order valence-corrected chi connectivity index (χ3v) is 5.14. The molecule has 2 N–H and O–H groups in total. The van der Waals surface area contributed by atoms with Crippen LogP contribution in [0.25, 0.3) is 0 Å². The van der Waals surface area contributed by atoms with Gasteiger partial charge in [0.15, 0.2) is 9.84 Å². The molecule has 0 amide bonds. The average molecular weight is 388 g/mol. The Hall–Kier alpha value is -1.83. The van der Waals surface area contributed by atoms with E-state index in [4.69, 9.17) is 16.3 Å². The van der Waals surface area contributed by atoms with Crippen molar-refractivity contribution in [1.82, 2.24) is 0 Å². The first-order valence-electron chi connectivity index (χ1n) is 7.40. The van der Waals surface area contributed by atoms with Gasteiger partial charge in [-0.1, -0.05) is 11.6 Å². The van der Waals surface area contributed by atoms with Crippen molar-refractivity contribution >= 4 is 27.1 Å². The maximum Gasteiger partial charge on any atom is 0.177 e. The number of benzene rings is 2. The molecule has 0 fully saturated rings. The minimum atomic E-state index is -3.54. The Balaban J connectivity index is 2.50. The molecule has 0 bridgehead atoms. The second-order valence-corrected chi connectivity index (χ2v) is 8.03. The van der Waals surface area contributed by atoms with Crippen LogP contribution in [0.15, 0.2) is 35.2 Å². The molecule has 0 aromatic heterocycles. The summed E-state index contributed by atoms with van der Waals surface area (Å²) in [5.41, 5.74) is 1.28.